The molecule has 7 rings (SSSR count). The number of aromatic nitrogens is 3. The average Bonchev–Trinajstić information content (AvgIpc) is 3.58. The van der Waals surface area contributed by atoms with Gasteiger partial charge in [0, 0.05) is 36.9 Å². The summed E-state index contributed by atoms with van der Waals surface area (Å²) in [6.07, 6.45) is 8.63. The number of nitrogens with zero attached hydrogens (tertiary/aromatic N) is 5. The predicted molar refractivity (Wildman–Crippen MR) is 143 cm³/mol. The molecule has 4 fully saturated rings. The summed E-state index contributed by atoms with van der Waals surface area (Å²) in [5, 5.41) is 4.78. The summed E-state index contributed by atoms with van der Waals surface area (Å²) in [6.45, 7) is 6.34. The van der Waals surface area contributed by atoms with E-state index in [1.54, 1.807) is 12.3 Å². The normalized spacial score (nSPS) is 24.7. The molecule has 2 bridgehead atoms. The van der Waals surface area contributed by atoms with Crippen LogP contribution in [0.4, 0.5) is 10.2 Å². The Morgan fingerprint density at radius 3 is 2.65 bits per heavy atom. The van der Waals surface area contributed by atoms with Crippen molar-refractivity contribution in [3.8, 4) is 17.3 Å². The summed E-state index contributed by atoms with van der Waals surface area (Å²) < 4.78 is 22.5. The molecule has 0 spiro atoms. The Morgan fingerprint density at radius 2 is 1.89 bits per heavy atom. The standard InChI is InChI=1S/C28H32ClFN6O/c1-17-5-2-6-20(22(17)29)24-23(30)25-21(13-31-24)26(35-14-18-7-8-19(15-35)32-18)34-27(33-25)37-16-28-9-3-11-36(28)12-4-10-28/h2,5-6,13,18-19,32H,3-4,7-12,14-16H2,1H3/t18-,19+. The van der Waals surface area contributed by atoms with Crippen molar-refractivity contribution in [3.05, 3.63) is 40.8 Å². The van der Waals surface area contributed by atoms with Gasteiger partial charge in [0.05, 0.1) is 15.9 Å². The zero-order valence-electron chi connectivity index (χ0n) is 21.1. The smallest absolute Gasteiger partial charge is 0.319 e. The lowest BCUT2D eigenvalue weighted by Gasteiger charge is -2.34. The molecule has 37 heavy (non-hydrogen) atoms. The number of aryl methyl sites for hydroxylation is 1. The molecule has 7 nitrogen and oxygen atoms in total. The molecular formula is C28H32ClFN6O. The van der Waals surface area contributed by atoms with Crippen LogP contribution in [0.3, 0.4) is 0 Å². The predicted octanol–water partition coefficient (Wildman–Crippen LogP) is 4.74. The lowest BCUT2D eigenvalue weighted by atomic mass is 9.95. The number of pyridine rings is 1. The van der Waals surface area contributed by atoms with Gasteiger partial charge in [-0.25, -0.2) is 4.39 Å². The molecule has 0 amide bonds. The van der Waals surface area contributed by atoms with E-state index in [0.717, 1.165) is 57.4 Å². The lowest BCUT2D eigenvalue weighted by molar-refractivity contribution is 0.108. The number of fused-ring (bicyclic) bond motifs is 4. The third-order valence-corrected chi connectivity index (χ3v) is 9.39. The van der Waals surface area contributed by atoms with Gasteiger partial charge in [0.25, 0.3) is 0 Å². The highest BCUT2D eigenvalue weighted by molar-refractivity contribution is 6.34. The topological polar surface area (TPSA) is 66.4 Å². The molecule has 4 aliphatic heterocycles. The van der Waals surface area contributed by atoms with Gasteiger partial charge in [-0.3, -0.25) is 9.88 Å². The number of hydrogen-bond donors (Lipinski definition) is 1. The van der Waals surface area contributed by atoms with E-state index in [0.29, 0.717) is 40.5 Å². The first-order valence-electron chi connectivity index (χ1n) is 13.5. The summed E-state index contributed by atoms with van der Waals surface area (Å²) in [5.41, 5.74) is 1.94. The van der Waals surface area contributed by atoms with E-state index in [4.69, 9.17) is 21.3 Å². The Bertz CT molecular complexity index is 1350. The number of nitrogens with one attached hydrogen (secondary N) is 1. The van der Waals surface area contributed by atoms with Crippen molar-refractivity contribution in [3.63, 3.8) is 0 Å². The molecule has 3 aromatic rings. The lowest BCUT2D eigenvalue weighted by Crippen LogP contribution is -2.51. The van der Waals surface area contributed by atoms with Crippen molar-refractivity contribution >= 4 is 28.3 Å². The minimum Gasteiger partial charge on any atom is -0.461 e. The van der Waals surface area contributed by atoms with Crippen LogP contribution in [-0.2, 0) is 0 Å². The molecule has 194 valence electrons. The monoisotopic (exact) mass is 522 g/mol. The van der Waals surface area contributed by atoms with Gasteiger partial charge in [0.1, 0.15) is 23.6 Å². The zero-order chi connectivity index (χ0) is 25.1. The fourth-order valence-corrected chi connectivity index (χ4v) is 7.19. The largest absolute Gasteiger partial charge is 0.461 e. The fourth-order valence-electron chi connectivity index (χ4n) is 6.98. The summed E-state index contributed by atoms with van der Waals surface area (Å²) in [5.74, 6) is 0.219. The van der Waals surface area contributed by atoms with Crippen molar-refractivity contribution in [1.29, 1.82) is 0 Å². The molecular weight excluding hydrogens is 491 g/mol. The summed E-state index contributed by atoms with van der Waals surface area (Å²) >= 11 is 6.56. The summed E-state index contributed by atoms with van der Waals surface area (Å²) in [4.78, 5) is 18.9. The molecule has 2 atom stereocenters. The summed E-state index contributed by atoms with van der Waals surface area (Å²) in [6, 6.07) is 6.65. The van der Waals surface area contributed by atoms with Gasteiger partial charge in [0.2, 0.25) is 0 Å². The van der Waals surface area contributed by atoms with Crippen molar-refractivity contribution in [2.45, 2.75) is 63.1 Å². The van der Waals surface area contributed by atoms with E-state index in [9.17, 15) is 0 Å². The highest BCUT2D eigenvalue weighted by atomic mass is 35.5. The van der Waals surface area contributed by atoms with Crippen molar-refractivity contribution in [2.75, 3.05) is 37.7 Å². The van der Waals surface area contributed by atoms with Gasteiger partial charge in [-0.15, -0.1) is 0 Å². The van der Waals surface area contributed by atoms with Crippen LogP contribution in [0.5, 0.6) is 6.01 Å². The van der Waals surface area contributed by atoms with Crippen LogP contribution in [0, 0.1) is 12.7 Å². The highest BCUT2D eigenvalue weighted by Gasteiger charge is 2.45. The maximum atomic E-state index is 16.2. The molecule has 6 heterocycles. The number of benzene rings is 1. The number of ether oxygens (including phenoxy) is 1. The minimum atomic E-state index is -0.488. The van der Waals surface area contributed by atoms with E-state index in [2.05, 4.69) is 25.1 Å². The second-order valence-corrected chi connectivity index (χ2v) is 11.6. The van der Waals surface area contributed by atoms with E-state index in [1.165, 1.54) is 12.8 Å². The highest BCUT2D eigenvalue weighted by Crippen LogP contribution is 2.40. The van der Waals surface area contributed by atoms with E-state index in [-0.39, 0.29) is 22.8 Å². The molecule has 0 radical (unpaired) electrons. The SMILES string of the molecule is Cc1cccc(-c2ncc3c(N4C[C@H]5CC[C@@H](C4)N5)nc(OCC45CCCN4CCC5)nc3c2F)c1Cl. The molecule has 1 N–H and O–H groups in total. The maximum absolute atomic E-state index is 16.2. The summed E-state index contributed by atoms with van der Waals surface area (Å²) in [7, 11) is 0. The Balaban J connectivity index is 1.32. The minimum absolute atomic E-state index is 0.0592. The first-order valence-corrected chi connectivity index (χ1v) is 13.9. The van der Waals surface area contributed by atoms with Gasteiger partial charge in [0.15, 0.2) is 5.82 Å². The maximum Gasteiger partial charge on any atom is 0.319 e. The molecule has 2 aromatic heterocycles. The van der Waals surface area contributed by atoms with Crippen molar-refractivity contribution in [2.24, 2.45) is 0 Å². The van der Waals surface area contributed by atoms with Crippen molar-refractivity contribution < 1.29 is 9.13 Å². The second-order valence-electron chi connectivity index (χ2n) is 11.2. The third kappa shape index (κ3) is 3.96. The van der Waals surface area contributed by atoms with Crippen LogP contribution in [0.2, 0.25) is 5.02 Å². The first kappa shape index (κ1) is 23.6. The Kier molecular flexibility index (Phi) is 5.75. The second kappa shape index (κ2) is 9.03. The van der Waals surface area contributed by atoms with Gasteiger partial charge >= 0.3 is 6.01 Å². The average molecular weight is 523 g/mol. The van der Waals surface area contributed by atoms with Crippen LogP contribution in [0.15, 0.2) is 24.4 Å². The van der Waals surface area contributed by atoms with Crippen molar-refractivity contribution in [1.82, 2.24) is 25.2 Å². The molecule has 4 aliphatic rings. The Hall–Kier alpha value is -2.55. The molecule has 4 saturated heterocycles. The fraction of sp³-hybridized carbons (Fsp3) is 0.536. The van der Waals surface area contributed by atoms with Crippen LogP contribution in [0.25, 0.3) is 22.2 Å². The molecule has 0 unspecified atom stereocenters. The zero-order valence-corrected chi connectivity index (χ0v) is 21.9. The van der Waals surface area contributed by atoms with Gasteiger partial charge in [-0.2, -0.15) is 9.97 Å². The number of rotatable bonds is 5. The number of anilines is 1. The molecule has 0 aliphatic carbocycles. The van der Waals surface area contributed by atoms with E-state index < -0.39 is 5.82 Å². The van der Waals surface area contributed by atoms with Gasteiger partial charge in [-0.05, 0) is 64.1 Å². The number of halogens is 2. The van der Waals surface area contributed by atoms with E-state index in [1.807, 2.05) is 19.1 Å². The quantitative estimate of drug-likeness (QED) is 0.519. The molecule has 9 heteroatoms. The Labute approximate surface area is 221 Å². The Morgan fingerprint density at radius 1 is 1.14 bits per heavy atom. The van der Waals surface area contributed by atoms with Crippen LogP contribution < -0.4 is 15.0 Å². The number of hydrogen-bond acceptors (Lipinski definition) is 7. The van der Waals surface area contributed by atoms with Crippen LogP contribution in [0.1, 0.15) is 44.1 Å². The van der Waals surface area contributed by atoms with Gasteiger partial charge in [-0.1, -0.05) is 29.8 Å². The van der Waals surface area contributed by atoms with Crippen LogP contribution >= 0.6 is 11.6 Å². The molecule has 1 aromatic carbocycles. The number of piperazine rings is 1. The van der Waals surface area contributed by atoms with Crippen LogP contribution in [-0.4, -0.2) is 70.3 Å². The molecule has 0 saturated carbocycles. The van der Waals surface area contributed by atoms with Gasteiger partial charge < -0.3 is 15.0 Å². The third-order valence-electron chi connectivity index (χ3n) is 8.89. The first-order chi connectivity index (χ1) is 18.0. The van der Waals surface area contributed by atoms with E-state index >= 15 is 4.39 Å².